The number of hydrogen-bond acceptors (Lipinski definition) is 4. The minimum absolute atomic E-state index is 0.449. The number of rotatable bonds is 9. The van der Waals surface area contributed by atoms with Crippen molar-refractivity contribution in [1.29, 1.82) is 0 Å². The third-order valence-corrected chi connectivity index (χ3v) is 5.00. The van der Waals surface area contributed by atoms with Crippen LogP contribution in [0.25, 0.3) is 0 Å². The molecule has 2 aromatic rings. The maximum atomic E-state index is 5.56. The summed E-state index contributed by atoms with van der Waals surface area (Å²) in [6.07, 6.45) is 0. The molecule has 0 aliphatic carbocycles. The lowest BCUT2D eigenvalue weighted by molar-refractivity contribution is 0.310. The second kappa shape index (κ2) is 10.7. The SMILES string of the molecule is CCNC(=NCc1ccc(OCC)c(OC)c1)NCC(C)c1cccs1. The van der Waals surface area contributed by atoms with E-state index in [-0.39, 0.29) is 0 Å². The van der Waals surface area contributed by atoms with Crippen LogP contribution in [0.3, 0.4) is 0 Å². The van der Waals surface area contributed by atoms with Crippen LogP contribution in [0.5, 0.6) is 11.5 Å². The van der Waals surface area contributed by atoms with Gasteiger partial charge in [0.15, 0.2) is 17.5 Å². The van der Waals surface area contributed by atoms with Crippen LogP contribution in [0.1, 0.15) is 37.1 Å². The van der Waals surface area contributed by atoms with E-state index in [2.05, 4.69) is 47.0 Å². The smallest absolute Gasteiger partial charge is 0.191 e. The summed E-state index contributed by atoms with van der Waals surface area (Å²) >= 11 is 1.79. The summed E-state index contributed by atoms with van der Waals surface area (Å²) in [6, 6.07) is 10.2. The molecule has 6 heteroatoms. The molecular weight excluding hydrogens is 346 g/mol. The van der Waals surface area contributed by atoms with Gasteiger partial charge >= 0.3 is 0 Å². The number of guanidine groups is 1. The number of aliphatic imine (C=N–C) groups is 1. The van der Waals surface area contributed by atoms with E-state index in [1.54, 1.807) is 18.4 Å². The molecule has 2 N–H and O–H groups in total. The quantitative estimate of drug-likeness (QED) is 0.513. The number of methoxy groups -OCH3 is 1. The van der Waals surface area contributed by atoms with Gasteiger partial charge in [0.1, 0.15) is 0 Å². The average molecular weight is 376 g/mol. The van der Waals surface area contributed by atoms with Crippen molar-refractivity contribution in [2.75, 3.05) is 26.8 Å². The molecule has 0 spiro atoms. The first kappa shape index (κ1) is 20.1. The van der Waals surface area contributed by atoms with Crippen LogP contribution >= 0.6 is 11.3 Å². The van der Waals surface area contributed by atoms with E-state index in [4.69, 9.17) is 9.47 Å². The van der Waals surface area contributed by atoms with Gasteiger partial charge in [-0.3, -0.25) is 0 Å². The molecule has 0 aliphatic rings. The van der Waals surface area contributed by atoms with Gasteiger partial charge in [-0.2, -0.15) is 0 Å². The molecule has 0 amide bonds. The standard InChI is InChI=1S/C20H29N3O2S/c1-5-21-20(22-13-15(3)19-8-7-11-26-19)23-14-16-9-10-17(25-6-2)18(12-16)24-4/h7-12,15H,5-6,13-14H2,1-4H3,(H2,21,22,23). The lowest BCUT2D eigenvalue weighted by Crippen LogP contribution is -2.39. The molecule has 5 nitrogen and oxygen atoms in total. The zero-order valence-corrected chi connectivity index (χ0v) is 16.9. The molecule has 0 saturated carbocycles. The van der Waals surface area contributed by atoms with Crippen molar-refractivity contribution in [3.63, 3.8) is 0 Å². The summed E-state index contributed by atoms with van der Waals surface area (Å²) in [5.41, 5.74) is 1.08. The fourth-order valence-electron chi connectivity index (χ4n) is 2.52. The Bertz CT molecular complexity index is 686. The summed E-state index contributed by atoms with van der Waals surface area (Å²) < 4.78 is 11.0. The third-order valence-electron chi connectivity index (χ3n) is 3.90. The molecule has 1 unspecified atom stereocenters. The summed E-state index contributed by atoms with van der Waals surface area (Å²) in [4.78, 5) is 6.07. The second-order valence-electron chi connectivity index (χ2n) is 5.91. The van der Waals surface area contributed by atoms with E-state index in [1.165, 1.54) is 4.88 Å². The topological polar surface area (TPSA) is 54.9 Å². The minimum atomic E-state index is 0.449. The van der Waals surface area contributed by atoms with Gasteiger partial charge in [0.2, 0.25) is 0 Å². The van der Waals surface area contributed by atoms with E-state index in [0.717, 1.165) is 36.1 Å². The molecule has 142 valence electrons. The van der Waals surface area contributed by atoms with Gasteiger partial charge < -0.3 is 20.1 Å². The Morgan fingerprint density at radius 3 is 2.69 bits per heavy atom. The molecule has 2 rings (SSSR count). The number of thiophene rings is 1. The van der Waals surface area contributed by atoms with Crippen LogP contribution in [0, 0.1) is 0 Å². The van der Waals surface area contributed by atoms with Gasteiger partial charge in [-0.1, -0.05) is 19.1 Å². The largest absolute Gasteiger partial charge is 0.493 e. The fourth-order valence-corrected chi connectivity index (χ4v) is 3.31. The number of ether oxygens (including phenoxy) is 2. The Morgan fingerprint density at radius 1 is 1.19 bits per heavy atom. The first-order valence-corrected chi connectivity index (χ1v) is 9.91. The molecule has 1 aromatic heterocycles. The predicted molar refractivity (Wildman–Crippen MR) is 110 cm³/mol. The number of benzene rings is 1. The van der Waals surface area contributed by atoms with Gasteiger partial charge in [-0.15, -0.1) is 11.3 Å². The highest BCUT2D eigenvalue weighted by Gasteiger charge is 2.08. The van der Waals surface area contributed by atoms with E-state index < -0.39 is 0 Å². The highest BCUT2D eigenvalue weighted by atomic mass is 32.1. The Balaban J connectivity index is 1.99. The molecule has 0 aliphatic heterocycles. The molecule has 0 bridgehead atoms. The van der Waals surface area contributed by atoms with E-state index >= 15 is 0 Å². The molecule has 0 fully saturated rings. The van der Waals surface area contributed by atoms with Crippen LogP contribution in [0.2, 0.25) is 0 Å². The zero-order chi connectivity index (χ0) is 18.8. The first-order valence-electron chi connectivity index (χ1n) is 9.03. The van der Waals surface area contributed by atoms with Crippen LogP contribution < -0.4 is 20.1 Å². The molecule has 0 radical (unpaired) electrons. The Labute approximate surface area is 160 Å². The van der Waals surface area contributed by atoms with Gasteiger partial charge in [0, 0.05) is 23.9 Å². The van der Waals surface area contributed by atoms with Crippen molar-refractivity contribution in [3.05, 3.63) is 46.2 Å². The Kier molecular flexibility index (Phi) is 8.28. The molecule has 0 saturated heterocycles. The number of nitrogens with one attached hydrogen (secondary N) is 2. The highest BCUT2D eigenvalue weighted by Crippen LogP contribution is 2.28. The number of nitrogens with zero attached hydrogens (tertiary/aromatic N) is 1. The maximum Gasteiger partial charge on any atom is 0.191 e. The zero-order valence-electron chi connectivity index (χ0n) is 16.0. The fraction of sp³-hybridized carbons (Fsp3) is 0.450. The van der Waals surface area contributed by atoms with E-state index in [0.29, 0.717) is 19.1 Å². The van der Waals surface area contributed by atoms with Crippen molar-refractivity contribution in [1.82, 2.24) is 10.6 Å². The van der Waals surface area contributed by atoms with E-state index in [1.807, 2.05) is 25.1 Å². The highest BCUT2D eigenvalue weighted by molar-refractivity contribution is 7.10. The first-order chi connectivity index (χ1) is 12.7. The van der Waals surface area contributed by atoms with Gasteiger partial charge in [-0.25, -0.2) is 4.99 Å². The van der Waals surface area contributed by atoms with Crippen LogP contribution in [0.15, 0.2) is 40.7 Å². The number of hydrogen-bond donors (Lipinski definition) is 2. The van der Waals surface area contributed by atoms with Crippen LogP contribution in [-0.4, -0.2) is 32.8 Å². The third kappa shape index (κ3) is 5.95. The second-order valence-corrected chi connectivity index (χ2v) is 6.89. The molecule has 1 atom stereocenters. The Hall–Kier alpha value is -2.21. The van der Waals surface area contributed by atoms with Gasteiger partial charge in [0.05, 0.1) is 20.3 Å². The summed E-state index contributed by atoms with van der Waals surface area (Å²) in [7, 11) is 1.66. The summed E-state index contributed by atoms with van der Waals surface area (Å²) in [5.74, 6) is 2.77. The van der Waals surface area contributed by atoms with Crippen molar-refractivity contribution in [2.24, 2.45) is 4.99 Å². The normalized spacial score (nSPS) is 12.5. The summed E-state index contributed by atoms with van der Waals surface area (Å²) in [6.45, 7) is 9.11. The van der Waals surface area contributed by atoms with Crippen molar-refractivity contribution >= 4 is 17.3 Å². The van der Waals surface area contributed by atoms with E-state index in [9.17, 15) is 0 Å². The van der Waals surface area contributed by atoms with Crippen LogP contribution in [0.4, 0.5) is 0 Å². The lowest BCUT2D eigenvalue weighted by Gasteiger charge is -2.15. The average Bonchev–Trinajstić information content (AvgIpc) is 3.19. The van der Waals surface area contributed by atoms with Crippen molar-refractivity contribution < 1.29 is 9.47 Å². The molecule has 26 heavy (non-hydrogen) atoms. The van der Waals surface area contributed by atoms with Crippen LogP contribution in [-0.2, 0) is 6.54 Å². The molecular formula is C20H29N3O2S. The predicted octanol–water partition coefficient (Wildman–Crippen LogP) is 4.01. The van der Waals surface area contributed by atoms with Crippen molar-refractivity contribution in [3.8, 4) is 11.5 Å². The monoisotopic (exact) mass is 375 g/mol. The summed E-state index contributed by atoms with van der Waals surface area (Å²) in [5, 5.41) is 8.84. The van der Waals surface area contributed by atoms with Gasteiger partial charge in [0.25, 0.3) is 0 Å². The Morgan fingerprint density at radius 2 is 2.04 bits per heavy atom. The molecule has 1 heterocycles. The maximum absolute atomic E-state index is 5.56. The minimum Gasteiger partial charge on any atom is -0.493 e. The van der Waals surface area contributed by atoms with Gasteiger partial charge in [-0.05, 0) is 43.0 Å². The lowest BCUT2D eigenvalue weighted by atomic mass is 10.1. The molecule has 1 aromatic carbocycles. The van der Waals surface area contributed by atoms with Crippen molar-refractivity contribution in [2.45, 2.75) is 33.2 Å².